The topological polar surface area (TPSA) is 49.8 Å². The zero-order valence-electron chi connectivity index (χ0n) is 12.0. The van der Waals surface area contributed by atoms with Gasteiger partial charge in [0.15, 0.2) is 0 Å². The molecule has 3 rings (SSSR count). The molecule has 1 heterocycles. The number of benzene rings is 1. The summed E-state index contributed by atoms with van der Waals surface area (Å²) < 4.78 is 0. The molecule has 0 fully saturated rings. The number of fused-ring (bicyclic) bond motifs is 1. The van der Waals surface area contributed by atoms with Crippen LogP contribution in [0.3, 0.4) is 0 Å². The molecule has 1 aliphatic rings. The zero-order chi connectivity index (χ0) is 13.9. The first-order chi connectivity index (χ1) is 9.76. The molecule has 1 aromatic carbocycles. The average molecular weight is 268 g/mol. The minimum Gasteiger partial charge on any atom is -0.354 e. The van der Waals surface area contributed by atoms with Crippen molar-refractivity contribution in [1.82, 2.24) is 9.97 Å². The number of nitrogens with one attached hydrogen (secondary N) is 2. The highest BCUT2D eigenvalue weighted by molar-refractivity contribution is 5.61. The van der Waals surface area contributed by atoms with Gasteiger partial charge in [0.25, 0.3) is 0 Å². The molecule has 20 heavy (non-hydrogen) atoms. The fourth-order valence-electron chi connectivity index (χ4n) is 2.60. The molecule has 104 valence electrons. The molecule has 4 nitrogen and oxygen atoms in total. The lowest BCUT2D eigenvalue weighted by Gasteiger charge is -2.11. The molecule has 1 aliphatic carbocycles. The van der Waals surface area contributed by atoms with Gasteiger partial charge < -0.3 is 10.6 Å². The van der Waals surface area contributed by atoms with Gasteiger partial charge in [-0.05, 0) is 56.4 Å². The predicted molar refractivity (Wildman–Crippen MR) is 82.7 cm³/mol. The van der Waals surface area contributed by atoms with Crippen molar-refractivity contribution in [3.8, 4) is 0 Å². The lowest BCUT2D eigenvalue weighted by Crippen LogP contribution is -2.05. The second kappa shape index (κ2) is 5.49. The summed E-state index contributed by atoms with van der Waals surface area (Å²) in [5.41, 5.74) is 5.11. The maximum atomic E-state index is 4.52. The van der Waals surface area contributed by atoms with Crippen LogP contribution in [0.4, 0.5) is 17.5 Å². The summed E-state index contributed by atoms with van der Waals surface area (Å²) in [6.07, 6.45) is 5.53. The Kier molecular flexibility index (Phi) is 3.54. The Morgan fingerprint density at radius 3 is 2.90 bits per heavy atom. The number of hydrogen-bond acceptors (Lipinski definition) is 4. The van der Waals surface area contributed by atoms with Crippen molar-refractivity contribution in [3.63, 3.8) is 0 Å². The van der Waals surface area contributed by atoms with Crippen LogP contribution in [-0.4, -0.2) is 16.5 Å². The number of anilines is 3. The van der Waals surface area contributed by atoms with E-state index in [0.717, 1.165) is 23.6 Å². The quantitative estimate of drug-likeness (QED) is 0.891. The molecule has 0 amide bonds. The molecule has 4 heteroatoms. The Bertz CT molecular complexity index is 622. The van der Waals surface area contributed by atoms with Gasteiger partial charge in [-0.25, -0.2) is 4.98 Å². The SMILES string of the molecule is CCNc1ncc(C)c(Nc2ccc3c(c2)CCC3)n1. The van der Waals surface area contributed by atoms with Gasteiger partial charge in [-0.3, -0.25) is 0 Å². The monoisotopic (exact) mass is 268 g/mol. The van der Waals surface area contributed by atoms with E-state index in [4.69, 9.17) is 0 Å². The Morgan fingerprint density at radius 1 is 1.20 bits per heavy atom. The predicted octanol–water partition coefficient (Wildman–Crippen LogP) is 3.45. The first-order valence-corrected chi connectivity index (χ1v) is 7.22. The van der Waals surface area contributed by atoms with E-state index in [1.54, 1.807) is 0 Å². The number of hydrogen-bond donors (Lipinski definition) is 2. The highest BCUT2D eigenvalue weighted by Crippen LogP contribution is 2.27. The van der Waals surface area contributed by atoms with Crippen molar-refractivity contribution in [2.75, 3.05) is 17.2 Å². The third-order valence-electron chi connectivity index (χ3n) is 3.67. The van der Waals surface area contributed by atoms with Gasteiger partial charge in [-0.1, -0.05) is 6.07 Å². The van der Waals surface area contributed by atoms with E-state index >= 15 is 0 Å². The molecular formula is C16H20N4. The number of nitrogens with zero attached hydrogens (tertiary/aromatic N) is 2. The summed E-state index contributed by atoms with van der Waals surface area (Å²) in [7, 11) is 0. The van der Waals surface area contributed by atoms with Crippen molar-refractivity contribution >= 4 is 17.5 Å². The van der Waals surface area contributed by atoms with Crippen LogP contribution < -0.4 is 10.6 Å². The molecule has 0 radical (unpaired) electrons. The van der Waals surface area contributed by atoms with Crippen LogP contribution in [0.1, 0.15) is 30.0 Å². The van der Waals surface area contributed by atoms with Crippen molar-refractivity contribution < 1.29 is 0 Å². The molecule has 0 spiro atoms. The summed E-state index contributed by atoms with van der Waals surface area (Å²) >= 11 is 0. The van der Waals surface area contributed by atoms with E-state index in [1.807, 2.05) is 20.0 Å². The maximum absolute atomic E-state index is 4.52. The van der Waals surface area contributed by atoms with E-state index in [0.29, 0.717) is 5.95 Å². The Hall–Kier alpha value is -2.10. The van der Waals surface area contributed by atoms with Gasteiger partial charge in [0, 0.05) is 24.0 Å². The van der Waals surface area contributed by atoms with Gasteiger partial charge in [0.1, 0.15) is 5.82 Å². The third kappa shape index (κ3) is 2.59. The molecule has 0 aliphatic heterocycles. The molecule has 2 aromatic rings. The molecule has 0 saturated carbocycles. The normalized spacial score (nSPS) is 13.1. The molecule has 1 aromatic heterocycles. The van der Waals surface area contributed by atoms with Crippen molar-refractivity contribution in [3.05, 3.63) is 41.1 Å². The third-order valence-corrected chi connectivity index (χ3v) is 3.67. The average Bonchev–Trinajstić information content (AvgIpc) is 2.90. The second-order valence-electron chi connectivity index (χ2n) is 5.22. The van der Waals surface area contributed by atoms with E-state index in [1.165, 1.54) is 30.4 Å². The smallest absolute Gasteiger partial charge is 0.224 e. The Balaban J connectivity index is 1.85. The highest BCUT2D eigenvalue weighted by Gasteiger charge is 2.11. The summed E-state index contributed by atoms with van der Waals surface area (Å²) in [6, 6.07) is 6.61. The van der Waals surface area contributed by atoms with Gasteiger partial charge in [-0.2, -0.15) is 4.98 Å². The maximum Gasteiger partial charge on any atom is 0.224 e. The van der Waals surface area contributed by atoms with Crippen LogP contribution in [0.25, 0.3) is 0 Å². The van der Waals surface area contributed by atoms with Gasteiger partial charge >= 0.3 is 0 Å². The first-order valence-electron chi connectivity index (χ1n) is 7.22. The van der Waals surface area contributed by atoms with Gasteiger partial charge in [-0.15, -0.1) is 0 Å². The molecular weight excluding hydrogens is 248 g/mol. The second-order valence-corrected chi connectivity index (χ2v) is 5.22. The van der Waals surface area contributed by atoms with Gasteiger partial charge in [0.2, 0.25) is 5.95 Å². The van der Waals surface area contributed by atoms with Crippen molar-refractivity contribution in [1.29, 1.82) is 0 Å². The number of rotatable bonds is 4. The minimum atomic E-state index is 0.668. The summed E-state index contributed by atoms with van der Waals surface area (Å²) in [4.78, 5) is 8.78. The lowest BCUT2D eigenvalue weighted by atomic mass is 10.1. The van der Waals surface area contributed by atoms with Crippen LogP contribution in [0, 0.1) is 6.92 Å². The fourth-order valence-corrected chi connectivity index (χ4v) is 2.60. The zero-order valence-corrected chi connectivity index (χ0v) is 12.0. The van der Waals surface area contributed by atoms with Crippen LogP contribution in [0.2, 0.25) is 0 Å². The fraction of sp³-hybridized carbons (Fsp3) is 0.375. The molecule has 0 bridgehead atoms. The van der Waals surface area contributed by atoms with Crippen LogP contribution in [0.15, 0.2) is 24.4 Å². The van der Waals surface area contributed by atoms with E-state index < -0.39 is 0 Å². The Morgan fingerprint density at radius 2 is 2.05 bits per heavy atom. The van der Waals surface area contributed by atoms with Crippen LogP contribution in [-0.2, 0) is 12.8 Å². The molecule has 0 atom stereocenters. The molecule has 0 saturated heterocycles. The summed E-state index contributed by atoms with van der Waals surface area (Å²) in [6.45, 7) is 4.88. The lowest BCUT2D eigenvalue weighted by molar-refractivity contribution is 0.912. The highest BCUT2D eigenvalue weighted by atomic mass is 15.1. The van der Waals surface area contributed by atoms with E-state index in [9.17, 15) is 0 Å². The number of aryl methyl sites for hydroxylation is 3. The van der Waals surface area contributed by atoms with E-state index in [-0.39, 0.29) is 0 Å². The summed E-state index contributed by atoms with van der Waals surface area (Å²) in [5, 5.41) is 6.55. The molecule has 0 unspecified atom stereocenters. The van der Waals surface area contributed by atoms with Crippen LogP contribution >= 0.6 is 0 Å². The van der Waals surface area contributed by atoms with Crippen LogP contribution in [0.5, 0.6) is 0 Å². The van der Waals surface area contributed by atoms with Crippen molar-refractivity contribution in [2.24, 2.45) is 0 Å². The Labute approximate surface area is 119 Å². The standard InChI is InChI=1S/C16H20N4/c1-3-17-16-18-10-11(2)15(20-16)19-14-8-7-12-5-4-6-13(12)9-14/h7-10H,3-6H2,1-2H3,(H2,17,18,19,20). The first kappa shape index (κ1) is 12.9. The minimum absolute atomic E-state index is 0.668. The van der Waals surface area contributed by atoms with Crippen molar-refractivity contribution in [2.45, 2.75) is 33.1 Å². The van der Waals surface area contributed by atoms with E-state index in [2.05, 4.69) is 38.8 Å². The largest absolute Gasteiger partial charge is 0.354 e. The molecule has 2 N–H and O–H groups in total. The van der Waals surface area contributed by atoms with Gasteiger partial charge in [0.05, 0.1) is 0 Å². The summed E-state index contributed by atoms with van der Waals surface area (Å²) in [5.74, 6) is 1.54. The number of aromatic nitrogens is 2.